The third-order valence-corrected chi connectivity index (χ3v) is 7.24. The van der Waals surface area contributed by atoms with E-state index in [0.29, 0.717) is 54.7 Å². The predicted molar refractivity (Wildman–Crippen MR) is 159 cm³/mol. The molecule has 0 amide bonds. The maximum absolute atomic E-state index is 13.1. The van der Waals surface area contributed by atoms with Gasteiger partial charge in [-0.05, 0) is 66.1 Å². The van der Waals surface area contributed by atoms with Crippen molar-refractivity contribution in [3.05, 3.63) is 95.8 Å². The molecule has 0 spiro atoms. The summed E-state index contributed by atoms with van der Waals surface area (Å²) in [5.41, 5.74) is 4.03. The number of ether oxygens (including phenoxy) is 1. The number of nitrogens with zero attached hydrogens (tertiary/aromatic N) is 5. The Bertz CT molecular complexity index is 1670. The topological polar surface area (TPSA) is 100 Å². The number of aromatic hydroxyl groups is 1. The second kappa shape index (κ2) is 12.2. The molecule has 1 aliphatic heterocycles. The highest BCUT2D eigenvalue weighted by molar-refractivity contribution is 5.85. The minimum Gasteiger partial charge on any atom is -0.508 e. The van der Waals surface area contributed by atoms with E-state index in [1.807, 2.05) is 36.4 Å². The highest BCUT2D eigenvalue weighted by atomic mass is 19.4. The Balaban J connectivity index is 1.26. The summed E-state index contributed by atoms with van der Waals surface area (Å²) in [5.74, 6) is 1.09. The van der Waals surface area contributed by atoms with Crippen molar-refractivity contribution in [1.82, 2.24) is 19.5 Å². The number of hydrogen-bond donors (Lipinski definition) is 3. The number of aromatic nitrogens is 4. The Kier molecular flexibility index (Phi) is 8.01. The van der Waals surface area contributed by atoms with Gasteiger partial charge in [0.2, 0.25) is 5.95 Å². The van der Waals surface area contributed by atoms with Crippen molar-refractivity contribution in [2.75, 3.05) is 48.4 Å². The SMILES string of the molecule is Oc1ccc(CCNc2nc(Nc3ccc(N4CCOCC4)cc3)nc3c2ncn3Cc2ccc(C(F)(F)F)cc2)cc1. The lowest BCUT2D eigenvalue weighted by Crippen LogP contribution is -2.36. The van der Waals surface area contributed by atoms with Gasteiger partial charge >= 0.3 is 6.18 Å². The minimum absolute atomic E-state index is 0.210. The van der Waals surface area contributed by atoms with Crippen LogP contribution < -0.4 is 15.5 Å². The van der Waals surface area contributed by atoms with Crippen LogP contribution in [0.25, 0.3) is 11.2 Å². The van der Waals surface area contributed by atoms with Crippen molar-refractivity contribution in [3.63, 3.8) is 0 Å². The highest BCUT2D eigenvalue weighted by Crippen LogP contribution is 2.30. The molecule has 0 atom stereocenters. The van der Waals surface area contributed by atoms with E-state index in [-0.39, 0.29) is 12.3 Å². The molecular formula is C31H30F3N7O2. The van der Waals surface area contributed by atoms with E-state index in [1.165, 1.54) is 12.1 Å². The van der Waals surface area contributed by atoms with E-state index in [0.717, 1.165) is 42.2 Å². The number of morpholine rings is 1. The zero-order valence-electron chi connectivity index (χ0n) is 23.2. The van der Waals surface area contributed by atoms with Crippen LogP contribution in [-0.4, -0.2) is 57.5 Å². The van der Waals surface area contributed by atoms with Gasteiger partial charge < -0.3 is 29.9 Å². The Morgan fingerprint density at radius 2 is 1.56 bits per heavy atom. The summed E-state index contributed by atoms with van der Waals surface area (Å²) in [6.45, 7) is 3.93. The number of benzene rings is 3. The third kappa shape index (κ3) is 6.81. The van der Waals surface area contributed by atoms with Crippen LogP contribution in [0, 0.1) is 0 Å². The average Bonchev–Trinajstić information content (AvgIpc) is 3.41. The molecule has 12 heteroatoms. The molecular weight excluding hydrogens is 559 g/mol. The Morgan fingerprint density at radius 3 is 2.26 bits per heavy atom. The Labute approximate surface area is 246 Å². The van der Waals surface area contributed by atoms with E-state index in [9.17, 15) is 18.3 Å². The average molecular weight is 590 g/mol. The maximum atomic E-state index is 13.1. The molecule has 9 nitrogen and oxygen atoms in total. The number of fused-ring (bicyclic) bond motifs is 1. The molecule has 1 fully saturated rings. The number of hydrogen-bond acceptors (Lipinski definition) is 8. The van der Waals surface area contributed by atoms with Crippen molar-refractivity contribution in [3.8, 4) is 5.75 Å². The summed E-state index contributed by atoms with van der Waals surface area (Å²) in [6.07, 6.45) is -2.10. The van der Waals surface area contributed by atoms with Crippen molar-refractivity contribution < 1.29 is 23.0 Å². The number of phenolic OH excluding ortho intramolecular Hbond substituents is 1. The normalized spacial score (nSPS) is 13.8. The molecule has 3 heterocycles. The van der Waals surface area contributed by atoms with Gasteiger partial charge in [-0.3, -0.25) is 0 Å². The molecule has 0 bridgehead atoms. The molecule has 5 aromatic rings. The van der Waals surface area contributed by atoms with Crippen molar-refractivity contribution in [2.24, 2.45) is 0 Å². The van der Waals surface area contributed by atoms with E-state index >= 15 is 0 Å². The lowest BCUT2D eigenvalue weighted by atomic mass is 10.1. The van der Waals surface area contributed by atoms with Gasteiger partial charge in [-0.2, -0.15) is 23.1 Å². The van der Waals surface area contributed by atoms with Gasteiger partial charge in [0.15, 0.2) is 17.0 Å². The fourth-order valence-corrected chi connectivity index (χ4v) is 4.93. The molecule has 6 rings (SSSR count). The molecule has 2 aromatic heterocycles. The van der Waals surface area contributed by atoms with Gasteiger partial charge in [-0.1, -0.05) is 24.3 Å². The molecule has 1 aliphatic rings. The first kappa shape index (κ1) is 28.3. The maximum Gasteiger partial charge on any atom is 0.416 e. The van der Waals surface area contributed by atoms with Crippen LogP contribution in [0.2, 0.25) is 0 Å². The van der Waals surface area contributed by atoms with Crippen LogP contribution >= 0.6 is 0 Å². The molecule has 0 unspecified atom stereocenters. The Morgan fingerprint density at radius 1 is 0.860 bits per heavy atom. The predicted octanol–water partition coefficient (Wildman–Crippen LogP) is 5.83. The molecule has 222 valence electrons. The molecule has 1 saturated heterocycles. The minimum atomic E-state index is -4.39. The highest BCUT2D eigenvalue weighted by Gasteiger charge is 2.30. The van der Waals surface area contributed by atoms with Gasteiger partial charge in [-0.25, -0.2) is 4.98 Å². The van der Waals surface area contributed by atoms with Crippen molar-refractivity contribution in [1.29, 1.82) is 0 Å². The summed E-state index contributed by atoms with van der Waals surface area (Å²) >= 11 is 0. The number of imidazole rings is 1. The number of halogens is 3. The zero-order valence-corrected chi connectivity index (χ0v) is 23.2. The van der Waals surface area contributed by atoms with Crippen LogP contribution in [0.5, 0.6) is 5.75 Å². The fourth-order valence-electron chi connectivity index (χ4n) is 4.93. The molecule has 3 N–H and O–H groups in total. The summed E-state index contributed by atoms with van der Waals surface area (Å²) < 4.78 is 46.4. The van der Waals surface area contributed by atoms with E-state index in [4.69, 9.17) is 14.7 Å². The van der Waals surface area contributed by atoms with Gasteiger partial charge in [0.1, 0.15) is 5.75 Å². The molecule has 43 heavy (non-hydrogen) atoms. The Hall–Kier alpha value is -4.84. The number of rotatable bonds is 9. The third-order valence-electron chi connectivity index (χ3n) is 7.24. The second-order valence-electron chi connectivity index (χ2n) is 10.2. The van der Waals surface area contributed by atoms with Gasteiger partial charge in [-0.15, -0.1) is 0 Å². The van der Waals surface area contributed by atoms with Gasteiger partial charge in [0.05, 0.1) is 31.6 Å². The fraction of sp³-hybridized carbons (Fsp3) is 0.258. The number of nitrogens with one attached hydrogen (secondary N) is 2. The summed E-state index contributed by atoms with van der Waals surface area (Å²) in [6, 6.07) is 20.1. The summed E-state index contributed by atoms with van der Waals surface area (Å²) in [7, 11) is 0. The second-order valence-corrected chi connectivity index (χ2v) is 10.2. The first-order valence-corrected chi connectivity index (χ1v) is 13.9. The van der Waals surface area contributed by atoms with Gasteiger partial charge in [0, 0.05) is 31.0 Å². The van der Waals surface area contributed by atoms with Crippen molar-refractivity contribution in [2.45, 2.75) is 19.1 Å². The van der Waals surface area contributed by atoms with Crippen LogP contribution in [0.15, 0.2) is 79.1 Å². The zero-order chi connectivity index (χ0) is 29.8. The van der Waals surface area contributed by atoms with Crippen molar-refractivity contribution >= 4 is 34.3 Å². The molecule has 0 saturated carbocycles. The molecule has 3 aromatic carbocycles. The summed E-state index contributed by atoms with van der Waals surface area (Å²) in [4.78, 5) is 16.3. The van der Waals surface area contributed by atoms with Crippen LogP contribution in [0.1, 0.15) is 16.7 Å². The van der Waals surface area contributed by atoms with Crippen LogP contribution in [0.3, 0.4) is 0 Å². The van der Waals surface area contributed by atoms with E-state index in [1.54, 1.807) is 23.0 Å². The quantitative estimate of drug-likeness (QED) is 0.197. The van der Waals surface area contributed by atoms with Crippen LogP contribution in [-0.2, 0) is 23.9 Å². The largest absolute Gasteiger partial charge is 0.508 e. The molecule has 0 radical (unpaired) electrons. The monoisotopic (exact) mass is 589 g/mol. The summed E-state index contributed by atoms with van der Waals surface area (Å²) in [5, 5.41) is 16.2. The lowest BCUT2D eigenvalue weighted by molar-refractivity contribution is -0.137. The number of alkyl halides is 3. The van der Waals surface area contributed by atoms with Gasteiger partial charge in [0.25, 0.3) is 0 Å². The first-order chi connectivity index (χ1) is 20.8. The number of anilines is 4. The van der Waals surface area contributed by atoms with Crippen LogP contribution in [0.4, 0.5) is 36.3 Å². The first-order valence-electron chi connectivity index (χ1n) is 13.9. The number of phenols is 1. The van der Waals surface area contributed by atoms with E-state index < -0.39 is 11.7 Å². The standard InChI is InChI=1S/C31H30F3N7O2/c32-31(33,34)23-5-1-22(2-6-23)19-41-20-36-27-28(35-14-13-21-3-11-26(42)12-4-21)38-30(39-29(27)41)37-24-7-9-25(10-8-24)40-15-17-43-18-16-40/h1-12,20,42H,13-19H2,(H2,35,37,38,39). The molecule has 0 aliphatic carbocycles. The van der Waals surface area contributed by atoms with E-state index in [2.05, 4.69) is 20.5 Å². The smallest absolute Gasteiger partial charge is 0.416 e. The lowest BCUT2D eigenvalue weighted by Gasteiger charge is -2.28.